The van der Waals surface area contributed by atoms with Crippen LogP contribution in [0.4, 0.5) is 0 Å². The molecular weight excluding hydrogens is 276 g/mol. The summed E-state index contributed by atoms with van der Waals surface area (Å²) >= 11 is 0. The molecule has 1 fully saturated rings. The average Bonchev–Trinajstić information content (AvgIpc) is 2.17. The van der Waals surface area contributed by atoms with E-state index in [4.69, 9.17) is 5.73 Å². The first-order chi connectivity index (χ1) is 8.26. The first-order valence-corrected chi connectivity index (χ1v) is 9.80. The summed E-state index contributed by atoms with van der Waals surface area (Å²) in [5.41, 5.74) is 5.41. The molecule has 0 aromatic carbocycles. The van der Waals surface area contributed by atoms with Crippen LogP contribution in [0.3, 0.4) is 0 Å². The molecule has 8 heteroatoms. The van der Waals surface area contributed by atoms with Crippen LogP contribution >= 0.6 is 0 Å². The van der Waals surface area contributed by atoms with Crippen LogP contribution in [0.15, 0.2) is 0 Å². The number of sulfone groups is 1. The van der Waals surface area contributed by atoms with Gasteiger partial charge in [-0.05, 0) is 25.8 Å². The number of hydrogen-bond acceptors (Lipinski definition) is 5. The Morgan fingerprint density at radius 3 is 2.17 bits per heavy atom. The van der Waals surface area contributed by atoms with Crippen molar-refractivity contribution in [3.8, 4) is 0 Å². The van der Waals surface area contributed by atoms with Crippen LogP contribution in [0, 0.1) is 0 Å². The number of nitrogens with two attached hydrogens (primary N) is 1. The molecule has 0 amide bonds. The monoisotopic (exact) mass is 298 g/mol. The molecule has 108 valence electrons. The number of nitrogens with zero attached hydrogens (tertiary/aromatic N) is 1. The molecule has 0 bridgehead atoms. The van der Waals surface area contributed by atoms with Gasteiger partial charge in [-0.2, -0.15) is 4.31 Å². The minimum atomic E-state index is -3.49. The maximum atomic E-state index is 12.1. The van der Waals surface area contributed by atoms with Gasteiger partial charge >= 0.3 is 0 Å². The van der Waals surface area contributed by atoms with E-state index in [1.807, 2.05) is 0 Å². The van der Waals surface area contributed by atoms with E-state index in [2.05, 4.69) is 0 Å². The minimum absolute atomic E-state index is 0.0427. The van der Waals surface area contributed by atoms with E-state index in [0.717, 1.165) is 25.5 Å². The smallest absolute Gasteiger partial charge is 0.215 e. The van der Waals surface area contributed by atoms with Crippen LogP contribution in [-0.2, 0) is 19.9 Å². The molecule has 0 aromatic rings. The minimum Gasteiger partial charge on any atom is -0.330 e. The highest BCUT2D eigenvalue weighted by atomic mass is 32.2. The first kappa shape index (κ1) is 15.9. The van der Waals surface area contributed by atoms with Gasteiger partial charge in [0.25, 0.3) is 0 Å². The molecule has 0 spiro atoms. The van der Waals surface area contributed by atoms with E-state index in [1.165, 1.54) is 4.31 Å². The molecule has 2 N–H and O–H groups in total. The summed E-state index contributed by atoms with van der Waals surface area (Å²) in [6.07, 6.45) is 4.42. The quantitative estimate of drug-likeness (QED) is 0.655. The highest BCUT2D eigenvalue weighted by Crippen LogP contribution is 2.27. The van der Waals surface area contributed by atoms with E-state index in [0.29, 0.717) is 19.5 Å². The Hall–Kier alpha value is -0.180. The van der Waals surface area contributed by atoms with Crippen LogP contribution in [0.2, 0.25) is 0 Å². The van der Waals surface area contributed by atoms with Gasteiger partial charge in [0.15, 0.2) is 0 Å². The van der Waals surface area contributed by atoms with E-state index >= 15 is 0 Å². The summed E-state index contributed by atoms with van der Waals surface area (Å²) in [6.45, 7) is 0.831. The lowest BCUT2D eigenvalue weighted by Gasteiger charge is -2.36. The van der Waals surface area contributed by atoms with Gasteiger partial charge in [0.2, 0.25) is 10.0 Å². The zero-order valence-electron chi connectivity index (χ0n) is 10.7. The summed E-state index contributed by atoms with van der Waals surface area (Å²) in [5, 5.41) is 0. The van der Waals surface area contributed by atoms with Crippen molar-refractivity contribution in [2.75, 3.05) is 30.9 Å². The van der Waals surface area contributed by atoms with Gasteiger partial charge in [0, 0.05) is 18.8 Å². The van der Waals surface area contributed by atoms with E-state index in [-0.39, 0.29) is 17.5 Å². The second-order valence-corrected chi connectivity index (χ2v) is 9.08. The Labute approximate surface area is 110 Å². The standard InChI is InChI=1S/C10H22N2O4S2/c1-17(13,14)8-9-18(15,16)12(7-3-6-11)10-4-2-5-10/h10H,2-9,11H2,1H3. The average molecular weight is 298 g/mol. The molecule has 0 aliphatic heterocycles. The van der Waals surface area contributed by atoms with Crippen molar-refractivity contribution < 1.29 is 16.8 Å². The summed E-state index contributed by atoms with van der Waals surface area (Å²) in [5.74, 6) is -0.645. The van der Waals surface area contributed by atoms with E-state index < -0.39 is 19.9 Å². The predicted octanol–water partition coefficient (Wildman–Crippen LogP) is -0.436. The van der Waals surface area contributed by atoms with Crippen molar-refractivity contribution >= 4 is 19.9 Å². The fraction of sp³-hybridized carbons (Fsp3) is 1.00. The lowest BCUT2D eigenvalue weighted by atomic mass is 9.93. The summed E-state index contributed by atoms with van der Waals surface area (Å²) in [4.78, 5) is 0. The molecule has 0 radical (unpaired) electrons. The Morgan fingerprint density at radius 2 is 1.78 bits per heavy atom. The van der Waals surface area contributed by atoms with Crippen LogP contribution in [0.5, 0.6) is 0 Å². The molecule has 0 heterocycles. The van der Waals surface area contributed by atoms with Crippen LogP contribution in [-0.4, -0.2) is 58.0 Å². The third-order valence-corrected chi connectivity index (χ3v) is 6.25. The maximum Gasteiger partial charge on any atom is 0.215 e. The Bertz CT molecular complexity index is 454. The number of sulfonamides is 1. The Kier molecular flexibility index (Phi) is 5.57. The van der Waals surface area contributed by atoms with Gasteiger partial charge in [0.1, 0.15) is 9.84 Å². The van der Waals surface area contributed by atoms with Gasteiger partial charge in [-0.3, -0.25) is 0 Å². The highest BCUT2D eigenvalue weighted by Gasteiger charge is 2.33. The third-order valence-electron chi connectivity index (χ3n) is 3.13. The topological polar surface area (TPSA) is 97.5 Å². The molecule has 0 atom stereocenters. The van der Waals surface area contributed by atoms with Crippen molar-refractivity contribution in [3.05, 3.63) is 0 Å². The zero-order valence-corrected chi connectivity index (χ0v) is 12.3. The fourth-order valence-corrected chi connectivity index (χ4v) is 5.20. The molecule has 0 saturated heterocycles. The molecular formula is C10H22N2O4S2. The van der Waals surface area contributed by atoms with Crippen LogP contribution in [0.1, 0.15) is 25.7 Å². The highest BCUT2D eigenvalue weighted by molar-refractivity contribution is 7.93. The van der Waals surface area contributed by atoms with Crippen molar-refractivity contribution in [3.63, 3.8) is 0 Å². The number of hydrogen-bond donors (Lipinski definition) is 1. The van der Waals surface area contributed by atoms with Gasteiger partial charge in [-0.25, -0.2) is 16.8 Å². The lowest BCUT2D eigenvalue weighted by molar-refractivity contribution is 0.219. The molecule has 1 saturated carbocycles. The summed E-state index contributed by atoms with van der Waals surface area (Å²) in [6, 6.07) is 0.0427. The Morgan fingerprint density at radius 1 is 1.17 bits per heavy atom. The molecule has 1 aliphatic rings. The van der Waals surface area contributed by atoms with Crippen LogP contribution in [0.25, 0.3) is 0 Å². The third kappa shape index (κ3) is 4.83. The second-order valence-electron chi connectivity index (χ2n) is 4.78. The SMILES string of the molecule is CS(=O)(=O)CCS(=O)(=O)N(CCCN)C1CCC1. The normalized spacial score (nSPS) is 17.9. The first-order valence-electron chi connectivity index (χ1n) is 6.13. The predicted molar refractivity (Wildman–Crippen MR) is 71.5 cm³/mol. The van der Waals surface area contributed by atoms with E-state index in [1.54, 1.807) is 0 Å². The second kappa shape index (κ2) is 6.31. The molecule has 1 aliphatic carbocycles. The number of rotatable bonds is 8. The van der Waals surface area contributed by atoms with Gasteiger partial charge in [-0.15, -0.1) is 0 Å². The largest absolute Gasteiger partial charge is 0.330 e. The van der Waals surface area contributed by atoms with Crippen molar-refractivity contribution in [1.82, 2.24) is 4.31 Å². The summed E-state index contributed by atoms with van der Waals surface area (Å²) in [7, 11) is -6.75. The molecule has 18 heavy (non-hydrogen) atoms. The Balaban J connectivity index is 2.69. The van der Waals surface area contributed by atoms with Crippen LogP contribution < -0.4 is 5.73 Å². The van der Waals surface area contributed by atoms with E-state index in [9.17, 15) is 16.8 Å². The van der Waals surface area contributed by atoms with Gasteiger partial charge in [0.05, 0.1) is 11.5 Å². The fourth-order valence-electron chi connectivity index (χ4n) is 1.84. The maximum absolute atomic E-state index is 12.1. The van der Waals surface area contributed by atoms with Crippen molar-refractivity contribution in [1.29, 1.82) is 0 Å². The van der Waals surface area contributed by atoms with Crippen molar-refractivity contribution in [2.24, 2.45) is 5.73 Å². The molecule has 6 nitrogen and oxygen atoms in total. The zero-order chi connectivity index (χ0) is 13.8. The lowest BCUT2D eigenvalue weighted by Crippen LogP contribution is -2.46. The summed E-state index contributed by atoms with van der Waals surface area (Å²) < 4.78 is 47.9. The van der Waals surface area contributed by atoms with Gasteiger partial charge in [-0.1, -0.05) is 6.42 Å². The molecule has 1 rings (SSSR count). The van der Waals surface area contributed by atoms with Gasteiger partial charge < -0.3 is 5.73 Å². The molecule has 0 aromatic heterocycles. The molecule has 0 unspecified atom stereocenters. The van der Waals surface area contributed by atoms with Crippen molar-refractivity contribution in [2.45, 2.75) is 31.7 Å².